The number of carbonyl (C=O) groups is 1. The lowest BCUT2D eigenvalue weighted by Gasteiger charge is -2.12. The minimum absolute atomic E-state index is 0. The summed E-state index contributed by atoms with van der Waals surface area (Å²) in [6.07, 6.45) is 2.20. The molecule has 0 radical (unpaired) electrons. The number of hydrogen-bond acceptors (Lipinski definition) is 2. The molecule has 0 fully saturated rings. The molecule has 0 saturated carbocycles. The van der Waals surface area contributed by atoms with Gasteiger partial charge < -0.3 is 16.0 Å². The minimum Gasteiger partial charge on any atom is -0.356 e. The van der Waals surface area contributed by atoms with Crippen molar-refractivity contribution >= 4 is 35.8 Å². The van der Waals surface area contributed by atoms with E-state index in [1.165, 1.54) is 5.56 Å². The van der Waals surface area contributed by atoms with Crippen LogP contribution in [0.15, 0.2) is 29.3 Å². The van der Waals surface area contributed by atoms with Crippen LogP contribution in [0, 0.1) is 6.92 Å². The van der Waals surface area contributed by atoms with Gasteiger partial charge in [0, 0.05) is 13.1 Å². The summed E-state index contributed by atoms with van der Waals surface area (Å²) in [6, 6.07) is 8.31. The zero-order valence-electron chi connectivity index (χ0n) is 14.3. The fraction of sp³-hybridized carbons (Fsp3) is 0.529. The molecule has 1 rings (SSSR count). The molecule has 6 heteroatoms. The largest absolute Gasteiger partial charge is 0.356 e. The van der Waals surface area contributed by atoms with E-state index < -0.39 is 0 Å². The summed E-state index contributed by atoms with van der Waals surface area (Å²) < 4.78 is 0. The van der Waals surface area contributed by atoms with Gasteiger partial charge in [0.15, 0.2) is 5.96 Å². The van der Waals surface area contributed by atoms with Crippen molar-refractivity contribution < 1.29 is 4.79 Å². The predicted octanol–water partition coefficient (Wildman–Crippen LogP) is 2.58. The van der Waals surface area contributed by atoms with E-state index in [0.717, 1.165) is 24.9 Å². The molecule has 0 heterocycles. The standard InChI is InChI=1S/C17H28N4O.HI/c1-4-6-11-19-17(21-13-16(22)18-5-2)20-12-15-9-7-14(3)8-10-15;/h7-10H,4-6,11-13H2,1-3H3,(H,18,22)(H2,19,20,21);1H. The second-order valence-electron chi connectivity index (χ2n) is 5.24. The molecule has 0 spiro atoms. The van der Waals surface area contributed by atoms with Crippen molar-refractivity contribution in [2.75, 3.05) is 19.6 Å². The average molecular weight is 432 g/mol. The summed E-state index contributed by atoms with van der Waals surface area (Å²) in [5.74, 6) is 0.656. The number of rotatable bonds is 8. The molecule has 0 atom stereocenters. The Kier molecular flexibility index (Phi) is 12.4. The normalized spacial score (nSPS) is 10.7. The smallest absolute Gasteiger partial charge is 0.239 e. The van der Waals surface area contributed by atoms with E-state index in [2.05, 4.69) is 59.1 Å². The van der Waals surface area contributed by atoms with Crippen LogP contribution in [0.2, 0.25) is 0 Å². The highest BCUT2D eigenvalue weighted by Gasteiger charge is 2.02. The van der Waals surface area contributed by atoms with E-state index in [1.54, 1.807) is 0 Å². The molecule has 1 amide bonds. The Balaban J connectivity index is 0.00000484. The van der Waals surface area contributed by atoms with Crippen LogP contribution in [0.25, 0.3) is 0 Å². The van der Waals surface area contributed by atoms with E-state index in [9.17, 15) is 4.79 Å². The summed E-state index contributed by atoms with van der Waals surface area (Å²) in [5.41, 5.74) is 2.39. The van der Waals surface area contributed by atoms with Gasteiger partial charge in [-0.05, 0) is 25.8 Å². The number of halogens is 1. The van der Waals surface area contributed by atoms with Crippen LogP contribution in [-0.4, -0.2) is 31.5 Å². The molecule has 0 aliphatic heterocycles. The van der Waals surface area contributed by atoms with Crippen LogP contribution in [0.3, 0.4) is 0 Å². The lowest BCUT2D eigenvalue weighted by Crippen LogP contribution is -2.43. The number of likely N-dealkylation sites (N-methyl/N-ethyl adjacent to an activating group) is 1. The van der Waals surface area contributed by atoms with Gasteiger partial charge in [0.2, 0.25) is 5.91 Å². The fourth-order valence-corrected chi connectivity index (χ4v) is 1.85. The summed E-state index contributed by atoms with van der Waals surface area (Å²) in [4.78, 5) is 16.1. The highest BCUT2D eigenvalue weighted by molar-refractivity contribution is 14.0. The molecule has 0 aliphatic rings. The van der Waals surface area contributed by atoms with Crippen molar-refractivity contribution in [2.24, 2.45) is 4.99 Å². The van der Waals surface area contributed by atoms with E-state index in [-0.39, 0.29) is 36.4 Å². The highest BCUT2D eigenvalue weighted by atomic mass is 127. The maximum absolute atomic E-state index is 11.5. The van der Waals surface area contributed by atoms with Crippen LogP contribution < -0.4 is 16.0 Å². The van der Waals surface area contributed by atoms with Gasteiger partial charge >= 0.3 is 0 Å². The second-order valence-corrected chi connectivity index (χ2v) is 5.24. The first-order chi connectivity index (χ1) is 10.7. The first-order valence-corrected chi connectivity index (χ1v) is 8.00. The lowest BCUT2D eigenvalue weighted by atomic mass is 10.1. The Hall–Kier alpha value is -1.31. The van der Waals surface area contributed by atoms with E-state index in [4.69, 9.17) is 0 Å². The Morgan fingerprint density at radius 2 is 1.78 bits per heavy atom. The number of nitrogens with one attached hydrogen (secondary N) is 3. The lowest BCUT2D eigenvalue weighted by molar-refractivity contribution is -0.119. The number of unbranched alkanes of at least 4 members (excludes halogenated alkanes) is 1. The summed E-state index contributed by atoms with van der Waals surface area (Å²) >= 11 is 0. The monoisotopic (exact) mass is 432 g/mol. The zero-order valence-corrected chi connectivity index (χ0v) is 16.6. The van der Waals surface area contributed by atoms with Gasteiger partial charge in [-0.15, -0.1) is 24.0 Å². The van der Waals surface area contributed by atoms with Crippen LogP contribution >= 0.6 is 24.0 Å². The maximum atomic E-state index is 11.5. The molecule has 130 valence electrons. The number of guanidine groups is 1. The molecule has 23 heavy (non-hydrogen) atoms. The van der Waals surface area contributed by atoms with Crippen molar-refractivity contribution in [3.05, 3.63) is 35.4 Å². The van der Waals surface area contributed by atoms with Gasteiger partial charge in [-0.3, -0.25) is 4.79 Å². The Morgan fingerprint density at radius 1 is 1.09 bits per heavy atom. The number of nitrogens with zero attached hydrogens (tertiary/aromatic N) is 1. The molecular weight excluding hydrogens is 403 g/mol. The van der Waals surface area contributed by atoms with Crippen molar-refractivity contribution in [1.82, 2.24) is 16.0 Å². The summed E-state index contributed by atoms with van der Waals surface area (Å²) in [5, 5.41) is 9.09. The molecule has 3 N–H and O–H groups in total. The number of hydrogen-bond donors (Lipinski definition) is 3. The fourth-order valence-electron chi connectivity index (χ4n) is 1.85. The number of benzene rings is 1. The Morgan fingerprint density at radius 3 is 2.39 bits per heavy atom. The molecule has 1 aromatic carbocycles. The third kappa shape index (κ3) is 10.1. The van der Waals surface area contributed by atoms with Gasteiger partial charge in [0.1, 0.15) is 0 Å². The summed E-state index contributed by atoms with van der Waals surface area (Å²) in [7, 11) is 0. The van der Waals surface area contributed by atoms with Crippen LogP contribution in [0.4, 0.5) is 0 Å². The minimum atomic E-state index is -0.0252. The number of aryl methyl sites for hydroxylation is 1. The van der Waals surface area contributed by atoms with Crippen LogP contribution in [-0.2, 0) is 11.3 Å². The molecular formula is C17H29IN4O. The van der Waals surface area contributed by atoms with E-state index in [1.807, 2.05) is 6.92 Å². The number of aliphatic imine (C=N–C) groups is 1. The predicted molar refractivity (Wildman–Crippen MR) is 107 cm³/mol. The van der Waals surface area contributed by atoms with Gasteiger partial charge in [0.25, 0.3) is 0 Å². The second kappa shape index (κ2) is 13.2. The van der Waals surface area contributed by atoms with Gasteiger partial charge in [-0.1, -0.05) is 43.2 Å². The Bertz CT molecular complexity index is 474. The molecule has 5 nitrogen and oxygen atoms in total. The van der Waals surface area contributed by atoms with Crippen molar-refractivity contribution in [3.63, 3.8) is 0 Å². The SMILES string of the molecule is CCCCNC(=NCc1ccc(C)cc1)NCC(=O)NCC.I. The van der Waals surface area contributed by atoms with Gasteiger partial charge in [0.05, 0.1) is 13.1 Å². The third-order valence-electron chi connectivity index (χ3n) is 3.15. The van der Waals surface area contributed by atoms with Gasteiger partial charge in [-0.25, -0.2) is 4.99 Å². The molecule has 0 aliphatic carbocycles. The summed E-state index contributed by atoms with van der Waals surface area (Å²) in [6.45, 7) is 8.44. The van der Waals surface area contributed by atoms with Crippen molar-refractivity contribution in [1.29, 1.82) is 0 Å². The zero-order chi connectivity index (χ0) is 16.2. The Labute approximate surface area is 156 Å². The van der Waals surface area contributed by atoms with Crippen LogP contribution in [0.5, 0.6) is 0 Å². The topological polar surface area (TPSA) is 65.5 Å². The maximum Gasteiger partial charge on any atom is 0.239 e. The van der Waals surface area contributed by atoms with E-state index >= 15 is 0 Å². The first kappa shape index (κ1) is 21.7. The third-order valence-corrected chi connectivity index (χ3v) is 3.15. The molecule has 0 bridgehead atoms. The average Bonchev–Trinajstić information content (AvgIpc) is 2.51. The first-order valence-electron chi connectivity index (χ1n) is 8.00. The highest BCUT2D eigenvalue weighted by Crippen LogP contribution is 2.04. The molecule has 0 saturated heterocycles. The molecule has 0 aromatic heterocycles. The van der Waals surface area contributed by atoms with Crippen molar-refractivity contribution in [3.8, 4) is 0 Å². The number of amides is 1. The van der Waals surface area contributed by atoms with E-state index in [0.29, 0.717) is 19.0 Å². The van der Waals surface area contributed by atoms with Crippen LogP contribution in [0.1, 0.15) is 37.8 Å². The molecule has 0 unspecified atom stereocenters. The molecule has 1 aromatic rings. The number of carbonyl (C=O) groups excluding carboxylic acids is 1. The quantitative estimate of drug-likeness (QED) is 0.256. The van der Waals surface area contributed by atoms with Crippen molar-refractivity contribution in [2.45, 2.75) is 40.2 Å². The van der Waals surface area contributed by atoms with Gasteiger partial charge in [-0.2, -0.15) is 0 Å².